The number of amides is 1. The number of hydrogen-bond donors (Lipinski definition) is 1. The van der Waals surface area contributed by atoms with Crippen molar-refractivity contribution < 1.29 is 4.79 Å². The maximum absolute atomic E-state index is 11.7. The monoisotopic (exact) mass is 198 g/mol. The summed E-state index contributed by atoms with van der Waals surface area (Å²) in [6.45, 7) is 5.93. The molecule has 1 amide bonds. The van der Waals surface area contributed by atoms with Gasteiger partial charge in [0.1, 0.15) is 0 Å². The number of carbonyl (C=O) groups is 1. The zero-order chi connectivity index (χ0) is 10.6. The number of piperidine rings is 1. The van der Waals surface area contributed by atoms with Crippen LogP contribution in [-0.2, 0) is 4.79 Å². The molecule has 1 aliphatic heterocycles. The van der Waals surface area contributed by atoms with E-state index < -0.39 is 0 Å². The summed E-state index contributed by atoms with van der Waals surface area (Å²) < 4.78 is 0. The fourth-order valence-electron chi connectivity index (χ4n) is 2.08. The highest BCUT2D eigenvalue weighted by Crippen LogP contribution is 2.19. The third-order valence-electron chi connectivity index (χ3n) is 3.13. The minimum Gasteiger partial charge on any atom is -0.342 e. The van der Waals surface area contributed by atoms with E-state index in [4.69, 9.17) is 5.73 Å². The van der Waals surface area contributed by atoms with Crippen LogP contribution < -0.4 is 5.73 Å². The zero-order valence-electron chi connectivity index (χ0n) is 9.33. The normalized spacial score (nSPS) is 27.8. The standard InChI is InChI=1S/C11H22N2O/c1-3-5-11(14)13-7-6-10(12)9(4-2)8-13/h9-10H,3-8,12H2,1-2H3. The summed E-state index contributed by atoms with van der Waals surface area (Å²) in [7, 11) is 0. The molecule has 1 fully saturated rings. The van der Waals surface area contributed by atoms with Gasteiger partial charge in [-0.25, -0.2) is 0 Å². The second kappa shape index (κ2) is 5.35. The van der Waals surface area contributed by atoms with Crippen LogP contribution in [0.25, 0.3) is 0 Å². The molecule has 1 rings (SSSR count). The van der Waals surface area contributed by atoms with E-state index in [0.717, 1.165) is 32.4 Å². The number of nitrogens with two attached hydrogens (primary N) is 1. The Balaban J connectivity index is 2.45. The topological polar surface area (TPSA) is 46.3 Å². The Labute approximate surface area is 86.6 Å². The first-order chi connectivity index (χ1) is 6.69. The first-order valence-electron chi connectivity index (χ1n) is 5.72. The van der Waals surface area contributed by atoms with E-state index in [0.29, 0.717) is 24.3 Å². The van der Waals surface area contributed by atoms with Crippen molar-refractivity contribution in [2.75, 3.05) is 13.1 Å². The second-order valence-electron chi connectivity index (χ2n) is 4.21. The van der Waals surface area contributed by atoms with E-state index >= 15 is 0 Å². The van der Waals surface area contributed by atoms with Gasteiger partial charge in [0, 0.05) is 25.6 Å². The number of rotatable bonds is 3. The lowest BCUT2D eigenvalue weighted by Gasteiger charge is -2.36. The quantitative estimate of drug-likeness (QED) is 0.744. The molecule has 2 N–H and O–H groups in total. The molecule has 82 valence electrons. The van der Waals surface area contributed by atoms with Gasteiger partial charge in [-0.1, -0.05) is 20.3 Å². The number of hydrogen-bond acceptors (Lipinski definition) is 2. The first-order valence-corrected chi connectivity index (χ1v) is 5.72. The smallest absolute Gasteiger partial charge is 0.222 e. The average Bonchev–Trinajstić information content (AvgIpc) is 2.19. The predicted molar refractivity (Wildman–Crippen MR) is 57.9 cm³/mol. The van der Waals surface area contributed by atoms with Crippen LogP contribution in [0.3, 0.4) is 0 Å². The average molecular weight is 198 g/mol. The third kappa shape index (κ3) is 2.71. The predicted octanol–water partition coefficient (Wildman–Crippen LogP) is 1.37. The van der Waals surface area contributed by atoms with Gasteiger partial charge in [-0.05, 0) is 18.8 Å². The molecule has 0 aromatic heterocycles. The van der Waals surface area contributed by atoms with E-state index in [1.807, 2.05) is 11.8 Å². The Morgan fingerprint density at radius 1 is 1.50 bits per heavy atom. The van der Waals surface area contributed by atoms with Crippen LogP contribution in [0.15, 0.2) is 0 Å². The van der Waals surface area contributed by atoms with Gasteiger partial charge < -0.3 is 10.6 Å². The summed E-state index contributed by atoms with van der Waals surface area (Å²) in [5, 5.41) is 0. The van der Waals surface area contributed by atoms with Crippen LogP contribution in [0.4, 0.5) is 0 Å². The van der Waals surface area contributed by atoms with E-state index in [9.17, 15) is 4.79 Å². The molecule has 0 radical (unpaired) electrons. The molecular formula is C11H22N2O. The van der Waals surface area contributed by atoms with Crippen LogP contribution in [0.2, 0.25) is 0 Å². The molecule has 0 aliphatic carbocycles. The van der Waals surface area contributed by atoms with Crippen LogP contribution in [0.1, 0.15) is 39.5 Å². The molecule has 14 heavy (non-hydrogen) atoms. The van der Waals surface area contributed by atoms with Crippen LogP contribution >= 0.6 is 0 Å². The summed E-state index contributed by atoms with van der Waals surface area (Å²) >= 11 is 0. The lowest BCUT2D eigenvalue weighted by atomic mass is 9.90. The SMILES string of the molecule is CCCC(=O)N1CCC(N)C(CC)C1. The lowest BCUT2D eigenvalue weighted by molar-refractivity contribution is -0.133. The molecule has 0 spiro atoms. The molecule has 1 saturated heterocycles. The van der Waals surface area contributed by atoms with Crippen LogP contribution in [-0.4, -0.2) is 29.9 Å². The molecule has 0 saturated carbocycles. The van der Waals surface area contributed by atoms with Crippen molar-refractivity contribution in [2.24, 2.45) is 11.7 Å². The minimum atomic E-state index is 0.297. The highest BCUT2D eigenvalue weighted by Gasteiger charge is 2.27. The summed E-state index contributed by atoms with van der Waals surface area (Å²) in [6.07, 6.45) is 3.68. The molecule has 1 aliphatic rings. The van der Waals surface area contributed by atoms with Gasteiger partial charge in [-0.3, -0.25) is 4.79 Å². The second-order valence-corrected chi connectivity index (χ2v) is 4.21. The van der Waals surface area contributed by atoms with E-state index in [2.05, 4.69) is 6.92 Å². The maximum Gasteiger partial charge on any atom is 0.222 e. The van der Waals surface area contributed by atoms with Gasteiger partial charge in [0.2, 0.25) is 5.91 Å². The van der Waals surface area contributed by atoms with E-state index in [-0.39, 0.29) is 0 Å². The lowest BCUT2D eigenvalue weighted by Crippen LogP contribution is -2.48. The molecule has 0 aromatic rings. The van der Waals surface area contributed by atoms with Crippen LogP contribution in [0.5, 0.6) is 0 Å². The summed E-state index contributed by atoms with van der Waals surface area (Å²) in [5.41, 5.74) is 5.99. The van der Waals surface area contributed by atoms with Gasteiger partial charge in [0.05, 0.1) is 0 Å². The van der Waals surface area contributed by atoms with E-state index in [1.54, 1.807) is 0 Å². The zero-order valence-corrected chi connectivity index (χ0v) is 9.33. The molecular weight excluding hydrogens is 176 g/mol. The van der Waals surface area contributed by atoms with Crippen molar-refractivity contribution in [3.63, 3.8) is 0 Å². The fourth-order valence-corrected chi connectivity index (χ4v) is 2.08. The highest BCUT2D eigenvalue weighted by atomic mass is 16.2. The largest absolute Gasteiger partial charge is 0.342 e. The summed E-state index contributed by atoms with van der Waals surface area (Å²) in [4.78, 5) is 13.6. The molecule has 1 heterocycles. The Bertz CT molecular complexity index is 194. The van der Waals surface area contributed by atoms with Crippen molar-refractivity contribution in [2.45, 2.75) is 45.6 Å². The fraction of sp³-hybridized carbons (Fsp3) is 0.909. The summed E-state index contributed by atoms with van der Waals surface area (Å²) in [5.74, 6) is 0.808. The Kier molecular flexibility index (Phi) is 4.39. The van der Waals surface area contributed by atoms with Gasteiger partial charge >= 0.3 is 0 Å². The van der Waals surface area contributed by atoms with E-state index in [1.165, 1.54) is 0 Å². The molecule has 2 unspecified atom stereocenters. The van der Waals surface area contributed by atoms with Crippen LogP contribution in [0, 0.1) is 5.92 Å². The third-order valence-corrected chi connectivity index (χ3v) is 3.13. The Morgan fingerprint density at radius 2 is 2.21 bits per heavy atom. The number of carbonyl (C=O) groups excluding carboxylic acids is 1. The van der Waals surface area contributed by atoms with Gasteiger partial charge in [0.15, 0.2) is 0 Å². The first kappa shape index (κ1) is 11.5. The van der Waals surface area contributed by atoms with Crippen molar-refractivity contribution in [1.82, 2.24) is 4.90 Å². The van der Waals surface area contributed by atoms with Crippen molar-refractivity contribution >= 4 is 5.91 Å². The van der Waals surface area contributed by atoms with Crippen molar-refractivity contribution in [3.8, 4) is 0 Å². The Hall–Kier alpha value is -0.570. The van der Waals surface area contributed by atoms with Crippen molar-refractivity contribution in [3.05, 3.63) is 0 Å². The van der Waals surface area contributed by atoms with Crippen molar-refractivity contribution in [1.29, 1.82) is 0 Å². The maximum atomic E-state index is 11.7. The summed E-state index contributed by atoms with van der Waals surface area (Å²) in [6, 6.07) is 0.297. The molecule has 0 bridgehead atoms. The Morgan fingerprint density at radius 3 is 2.79 bits per heavy atom. The molecule has 0 aromatic carbocycles. The number of nitrogens with zero attached hydrogens (tertiary/aromatic N) is 1. The van der Waals surface area contributed by atoms with Gasteiger partial charge in [0.25, 0.3) is 0 Å². The van der Waals surface area contributed by atoms with Gasteiger partial charge in [-0.15, -0.1) is 0 Å². The minimum absolute atomic E-state index is 0.297. The molecule has 3 heteroatoms. The van der Waals surface area contributed by atoms with Gasteiger partial charge in [-0.2, -0.15) is 0 Å². The number of likely N-dealkylation sites (tertiary alicyclic amines) is 1. The molecule has 2 atom stereocenters. The highest BCUT2D eigenvalue weighted by molar-refractivity contribution is 5.76. The molecule has 3 nitrogen and oxygen atoms in total.